The highest BCUT2D eigenvalue weighted by atomic mass is 16.6. The van der Waals surface area contributed by atoms with Crippen molar-refractivity contribution in [2.45, 2.75) is 53.6 Å². The number of unbranched alkanes of at least 4 members (excludes halogenated alkanes) is 1. The number of ether oxygens (including phenoxy) is 2. The van der Waals surface area contributed by atoms with Crippen molar-refractivity contribution in [2.24, 2.45) is 5.41 Å². The van der Waals surface area contributed by atoms with E-state index < -0.39 is 5.41 Å². The molecule has 3 nitrogen and oxygen atoms in total. The van der Waals surface area contributed by atoms with Crippen molar-refractivity contribution in [1.29, 1.82) is 0 Å². The molecule has 1 atom stereocenters. The van der Waals surface area contributed by atoms with Crippen molar-refractivity contribution in [1.82, 2.24) is 0 Å². The Morgan fingerprint density at radius 1 is 1.33 bits per heavy atom. The molecule has 15 heavy (non-hydrogen) atoms. The number of hydrogen-bond donors (Lipinski definition) is 0. The smallest absolute Gasteiger partial charge is 0.311 e. The minimum atomic E-state index is -0.427. The number of hydrogen-bond acceptors (Lipinski definition) is 3. The summed E-state index contributed by atoms with van der Waals surface area (Å²) in [6.45, 7) is 10.7. The highest BCUT2D eigenvalue weighted by Crippen LogP contribution is 2.15. The maximum absolute atomic E-state index is 11.4. The first-order valence-electron chi connectivity index (χ1n) is 5.66. The van der Waals surface area contributed by atoms with Crippen molar-refractivity contribution >= 4 is 5.97 Å². The zero-order valence-corrected chi connectivity index (χ0v) is 10.6. The van der Waals surface area contributed by atoms with Crippen LogP contribution in [0.5, 0.6) is 0 Å². The lowest BCUT2D eigenvalue weighted by atomic mass is 9.97. The summed E-state index contributed by atoms with van der Waals surface area (Å²) >= 11 is 0. The maximum Gasteiger partial charge on any atom is 0.311 e. The third kappa shape index (κ3) is 7.37. The fourth-order valence-electron chi connectivity index (χ4n) is 0.887. The van der Waals surface area contributed by atoms with Gasteiger partial charge in [-0.1, -0.05) is 13.3 Å². The van der Waals surface area contributed by atoms with Crippen LogP contribution >= 0.6 is 0 Å². The number of carbonyl (C=O) groups is 1. The van der Waals surface area contributed by atoms with E-state index in [1.54, 1.807) is 0 Å². The Bertz CT molecular complexity index is 182. The summed E-state index contributed by atoms with van der Waals surface area (Å²) in [5, 5.41) is 0. The third-order valence-corrected chi connectivity index (χ3v) is 1.96. The lowest BCUT2D eigenvalue weighted by molar-refractivity contribution is -0.156. The van der Waals surface area contributed by atoms with Crippen LogP contribution in [0.25, 0.3) is 0 Å². The Morgan fingerprint density at radius 3 is 2.40 bits per heavy atom. The van der Waals surface area contributed by atoms with E-state index in [0.29, 0.717) is 6.61 Å². The van der Waals surface area contributed by atoms with Crippen LogP contribution in [0.15, 0.2) is 0 Å². The molecule has 0 spiro atoms. The van der Waals surface area contributed by atoms with Crippen molar-refractivity contribution in [3.05, 3.63) is 0 Å². The highest BCUT2D eigenvalue weighted by molar-refractivity contribution is 5.75. The Balaban J connectivity index is 3.62. The molecule has 0 rings (SSSR count). The van der Waals surface area contributed by atoms with Gasteiger partial charge in [0.05, 0.1) is 11.5 Å². The molecule has 0 amide bonds. The number of carbonyl (C=O) groups excluding carboxylic acids is 1. The molecule has 0 saturated heterocycles. The molecule has 1 unspecified atom stereocenters. The molecule has 0 fully saturated rings. The topological polar surface area (TPSA) is 35.5 Å². The molecule has 0 N–H and O–H groups in total. The fraction of sp³-hybridized carbons (Fsp3) is 0.917. The van der Waals surface area contributed by atoms with Gasteiger partial charge in [0.15, 0.2) is 0 Å². The molecule has 0 aliphatic rings. The molecule has 0 radical (unpaired) electrons. The van der Waals surface area contributed by atoms with Gasteiger partial charge in [0.25, 0.3) is 0 Å². The molecule has 0 aliphatic carbocycles. The van der Waals surface area contributed by atoms with E-state index >= 15 is 0 Å². The molecule has 90 valence electrons. The van der Waals surface area contributed by atoms with Crippen LogP contribution < -0.4 is 0 Å². The monoisotopic (exact) mass is 216 g/mol. The molecular weight excluding hydrogens is 192 g/mol. The second-order valence-electron chi connectivity index (χ2n) is 4.88. The maximum atomic E-state index is 11.4. The van der Waals surface area contributed by atoms with Gasteiger partial charge in [-0.05, 0) is 34.1 Å². The van der Waals surface area contributed by atoms with E-state index in [1.165, 1.54) is 0 Å². The van der Waals surface area contributed by atoms with Crippen LogP contribution in [0.4, 0.5) is 0 Å². The van der Waals surface area contributed by atoms with Gasteiger partial charge in [0, 0.05) is 6.61 Å². The van der Waals surface area contributed by atoms with E-state index in [-0.39, 0.29) is 12.1 Å². The van der Waals surface area contributed by atoms with Crippen LogP contribution in [0, 0.1) is 5.41 Å². The van der Waals surface area contributed by atoms with Crippen LogP contribution in [-0.4, -0.2) is 25.3 Å². The normalized spacial score (nSPS) is 13.7. The van der Waals surface area contributed by atoms with Crippen LogP contribution in [0.3, 0.4) is 0 Å². The Hall–Kier alpha value is -0.570. The fourth-order valence-corrected chi connectivity index (χ4v) is 0.887. The Morgan fingerprint density at radius 2 is 1.93 bits per heavy atom. The van der Waals surface area contributed by atoms with Crippen LogP contribution in [-0.2, 0) is 14.3 Å². The predicted molar refractivity (Wildman–Crippen MR) is 60.7 cm³/mol. The summed E-state index contributed by atoms with van der Waals surface area (Å²) in [5.74, 6) is -0.173. The van der Waals surface area contributed by atoms with Gasteiger partial charge in [-0.15, -0.1) is 0 Å². The predicted octanol–water partition coefficient (Wildman–Crippen LogP) is 2.78. The van der Waals surface area contributed by atoms with Crippen LogP contribution in [0.2, 0.25) is 0 Å². The van der Waals surface area contributed by atoms with E-state index in [1.807, 2.05) is 27.7 Å². The van der Waals surface area contributed by atoms with Gasteiger partial charge in [0.1, 0.15) is 6.61 Å². The first kappa shape index (κ1) is 14.4. The quantitative estimate of drug-likeness (QED) is 0.506. The summed E-state index contributed by atoms with van der Waals surface area (Å²) in [4.78, 5) is 11.4. The van der Waals surface area contributed by atoms with Gasteiger partial charge in [-0.25, -0.2) is 0 Å². The summed E-state index contributed by atoms with van der Waals surface area (Å²) in [6, 6.07) is 0. The summed E-state index contributed by atoms with van der Waals surface area (Å²) in [7, 11) is 0. The molecule has 3 heteroatoms. The standard InChI is InChI=1S/C12H24O3/c1-6-7-8-14-10(2)9-15-11(13)12(3,4)5/h10H,6-9H2,1-5H3. The lowest BCUT2D eigenvalue weighted by Gasteiger charge is -2.19. The second-order valence-corrected chi connectivity index (χ2v) is 4.88. The van der Waals surface area contributed by atoms with E-state index in [2.05, 4.69) is 6.92 Å². The number of rotatable bonds is 6. The molecule has 0 saturated carbocycles. The molecule has 0 aromatic heterocycles. The third-order valence-electron chi connectivity index (χ3n) is 1.96. The first-order chi connectivity index (χ1) is 6.88. The number of esters is 1. The van der Waals surface area contributed by atoms with E-state index in [4.69, 9.17) is 9.47 Å². The van der Waals surface area contributed by atoms with Gasteiger partial charge >= 0.3 is 5.97 Å². The van der Waals surface area contributed by atoms with E-state index in [9.17, 15) is 4.79 Å². The van der Waals surface area contributed by atoms with Crippen molar-refractivity contribution in [3.8, 4) is 0 Å². The second kappa shape index (κ2) is 6.83. The average molecular weight is 216 g/mol. The molecule has 0 aromatic carbocycles. The summed E-state index contributed by atoms with van der Waals surface area (Å²) in [6.07, 6.45) is 2.16. The minimum Gasteiger partial charge on any atom is -0.463 e. The zero-order valence-electron chi connectivity index (χ0n) is 10.6. The summed E-state index contributed by atoms with van der Waals surface area (Å²) < 4.78 is 10.6. The van der Waals surface area contributed by atoms with Crippen molar-refractivity contribution < 1.29 is 14.3 Å². The van der Waals surface area contributed by atoms with Gasteiger partial charge in [-0.3, -0.25) is 4.79 Å². The molecule has 0 aromatic rings. The molecule has 0 bridgehead atoms. The van der Waals surface area contributed by atoms with Crippen molar-refractivity contribution in [3.63, 3.8) is 0 Å². The zero-order chi connectivity index (χ0) is 11.9. The van der Waals surface area contributed by atoms with E-state index in [0.717, 1.165) is 19.4 Å². The molecular formula is C12H24O3. The SMILES string of the molecule is CCCCOC(C)COC(=O)C(C)(C)C. The Labute approximate surface area is 93.1 Å². The molecule has 0 heterocycles. The van der Waals surface area contributed by atoms with Crippen molar-refractivity contribution in [2.75, 3.05) is 13.2 Å². The first-order valence-corrected chi connectivity index (χ1v) is 5.66. The van der Waals surface area contributed by atoms with Gasteiger partial charge in [-0.2, -0.15) is 0 Å². The lowest BCUT2D eigenvalue weighted by Crippen LogP contribution is -2.27. The Kier molecular flexibility index (Phi) is 6.57. The van der Waals surface area contributed by atoms with Gasteiger partial charge < -0.3 is 9.47 Å². The molecule has 0 aliphatic heterocycles. The minimum absolute atomic E-state index is 0.0113. The van der Waals surface area contributed by atoms with Gasteiger partial charge in [0.2, 0.25) is 0 Å². The average Bonchev–Trinajstić information content (AvgIpc) is 2.13. The van der Waals surface area contributed by atoms with Crippen LogP contribution in [0.1, 0.15) is 47.5 Å². The largest absolute Gasteiger partial charge is 0.463 e. The highest BCUT2D eigenvalue weighted by Gasteiger charge is 2.23. The summed E-state index contributed by atoms with van der Waals surface area (Å²) in [5.41, 5.74) is -0.427.